The van der Waals surface area contributed by atoms with Gasteiger partial charge in [-0.25, -0.2) is 0 Å². The van der Waals surface area contributed by atoms with E-state index < -0.39 is 0 Å². The molecular weight excluding hydrogens is 398 g/mol. The van der Waals surface area contributed by atoms with E-state index in [-0.39, 0.29) is 11.8 Å². The molecule has 2 aromatic rings. The van der Waals surface area contributed by atoms with Crippen molar-refractivity contribution in [1.29, 1.82) is 0 Å². The number of carbonyl (C=O) groups is 1. The first-order valence-electron chi connectivity index (χ1n) is 10.6. The Labute approximate surface area is 181 Å². The van der Waals surface area contributed by atoms with Gasteiger partial charge in [-0.3, -0.25) is 4.79 Å². The van der Waals surface area contributed by atoms with Crippen LogP contribution in [0.2, 0.25) is 0 Å². The Kier molecular flexibility index (Phi) is 5.53. The third-order valence-corrected chi connectivity index (χ3v) is 10.6. The first-order valence-corrected chi connectivity index (χ1v) is 12.6. The highest BCUT2D eigenvalue weighted by molar-refractivity contribution is 8.21. The third kappa shape index (κ3) is 3.91. The van der Waals surface area contributed by atoms with Gasteiger partial charge in [0.05, 0.1) is 4.08 Å². The van der Waals surface area contributed by atoms with Gasteiger partial charge in [0.25, 0.3) is 0 Å². The standard InChI is InChI=1S/C24H27NO2S2/c26-23(17-15-18-5-4-6-19(16-17)24(18)28-13-14-29-24)25-20-9-11-22(12-10-20)27-21-7-2-1-3-8-21/h1-3,7-12,17-19H,4-6,13-16H2,(H,25,26)/t18-,19-/m1/s1. The zero-order chi connectivity index (χ0) is 19.7. The maximum atomic E-state index is 13.0. The fourth-order valence-electron chi connectivity index (χ4n) is 5.30. The fourth-order valence-corrected chi connectivity index (χ4v) is 9.24. The van der Waals surface area contributed by atoms with Crippen molar-refractivity contribution in [3.8, 4) is 11.5 Å². The molecule has 3 nitrogen and oxygen atoms in total. The highest BCUT2D eigenvalue weighted by Gasteiger charge is 2.55. The number of nitrogens with one attached hydrogen (secondary N) is 1. The molecule has 29 heavy (non-hydrogen) atoms. The average molecular weight is 426 g/mol. The molecule has 1 saturated heterocycles. The van der Waals surface area contributed by atoms with Gasteiger partial charge in [-0.15, -0.1) is 23.5 Å². The molecule has 0 radical (unpaired) electrons. The van der Waals surface area contributed by atoms with Gasteiger partial charge in [0.1, 0.15) is 11.5 Å². The van der Waals surface area contributed by atoms with Crippen LogP contribution in [0.15, 0.2) is 54.6 Å². The summed E-state index contributed by atoms with van der Waals surface area (Å²) >= 11 is 4.39. The number of carbonyl (C=O) groups excluding carboxylic acids is 1. The van der Waals surface area contributed by atoms with Crippen LogP contribution in [0.25, 0.3) is 0 Å². The average Bonchev–Trinajstić information content (AvgIpc) is 3.19. The van der Waals surface area contributed by atoms with Crippen LogP contribution in [0.5, 0.6) is 11.5 Å². The Bertz CT molecular complexity index is 833. The lowest BCUT2D eigenvalue weighted by molar-refractivity contribution is -0.122. The number of ether oxygens (including phenoxy) is 1. The minimum Gasteiger partial charge on any atom is -0.457 e. The first-order chi connectivity index (χ1) is 14.2. The summed E-state index contributed by atoms with van der Waals surface area (Å²) in [4.78, 5) is 13.0. The largest absolute Gasteiger partial charge is 0.457 e. The highest BCUT2D eigenvalue weighted by atomic mass is 32.2. The monoisotopic (exact) mass is 425 g/mol. The van der Waals surface area contributed by atoms with Crippen LogP contribution in [0, 0.1) is 17.8 Å². The van der Waals surface area contributed by atoms with Crippen molar-refractivity contribution in [3.63, 3.8) is 0 Å². The normalized spacial score (nSPS) is 27.5. The molecule has 1 spiro atoms. The van der Waals surface area contributed by atoms with Crippen LogP contribution in [-0.4, -0.2) is 21.5 Å². The molecule has 5 rings (SSSR count). The smallest absolute Gasteiger partial charge is 0.227 e. The Morgan fingerprint density at radius 3 is 2.17 bits per heavy atom. The first kappa shape index (κ1) is 19.4. The van der Waals surface area contributed by atoms with Crippen LogP contribution in [-0.2, 0) is 4.79 Å². The summed E-state index contributed by atoms with van der Waals surface area (Å²) in [5.41, 5.74) is 0.852. The number of para-hydroxylation sites is 1. The topological polar surface area (TPSA) is 38.3 Å². The van der Waals surface area contributed by atoms with Crippen LogP contribution < -0.4 is 10.1 Å². The van der Waals surface area contributed by atoms with E-state index in [2.05, 4.69) is 28.8 Å². The molecule has 1 amide bonds. The lowest BCUT2D eigenvalue weighted by Gasteiger charge is -2.52. The minimum absolute atomic E-state index is 0.151. The minimum atomic E-state index is 0.151. The maximum absolute atomic E-state index is 13.0. The zero-order valence-electron chi connectivity index (χ0n) is 16.5. The summed E-state index contributed by atoms with van der Waals surface area (Å²) in [5, 5.41) is 3.16. The van der Waals surface area contributed by atoms with E-state index in [1.807, 2.05) is 54.6 Å². The molecule has 1 aliphatic heterocycles. The van der Waals surface area contributed by atoms with Crippen LogP contribution in [0.4, 0.5) is 5.69 Å². The summed E-state index contributed by atoms with van der Waals surface area (Å²) in [6.07, 6.45) is 6.04. The Morgan fingerprint density at radius 2 is 1.52 bits per heavy atom. The van der Waals surface area contributed by atoms with Crippen LogP contribution in [0.1, 0.15) is 32.1 Å². The Morgan fingerprint density at radius 1 is 0.897 bits per heavy atom. The van der Waals surface area contributed by atoms with E-state index in [9.17, 15) is 4.79 Å². The summed E-state index contributed by atoms with van der Waals surface area (Å²) in [6.45, 7) is 0. The number of hydrogen-bond donors (Lipinski definition) is 1. The number of amides is 1. The molecular formula is C24H27NO2S2. The van der Waals surface area contributed by atoms with Gasteiger partial charge in [0, 0.05) is 23.1 Å². The predicted octanol–water partition coefficient (Wildman–Crippen LogP) is 6.42. The van der Waals surface area contributed by atoms with Crippen molar-refractivity contribution >= 4 is 35.1 Å². The van der Waals surface area contributed by atoms with Gasteiger partial charge in [0.15, 0.2) is 0 Å². The van der Waals surface area contributed by atoms with Gasteiger partial charge in [-0.05, 0) is 73.9 Å². The Hall–Kier alpha value is -1.59. The summed E-state index contributed by atoms with van der Waals surface area (Å²) < 4.78 is 6.26. The lowest BCUT2D eigenvalue weighted by atomic mass is 9.67. The summed E-state index contributed by atoms with van der Waals surface area (Å²) in [6, 6.07) is 17.4. The molecule has 1 N–H and O–H groups in total. The number of thioether (sulfide) groups is 2. The number of benzene rings is 2. The van der Waals surface area contributed by atoms with Gasteiger partial charge in [-0.2, -0.15) is 0 Å². The van der Waals surface area contributed by atoms with Gasteiger partial charge < -0.3 is 10.1 Å². The van der Waals surface area contributed by atoms with E-state index >= 15 is 0 Å². The molecule has 2 bridgehead atoms. The van der Waals surface area contributed by atoms with Crippen molar-refractivity contribution in [3.05, 3.63) is 54.6 Å². The molecule has 2 aromatic carbocycles. The second kappa shape index (κ2) is 8.27. The lowest BCUT2D eigenvalue weighted by Crippen LogP contribution is -2.48. The molecule has 0 aromatic heterocycles. The van der Waals surface area contributed by atoms with Crippen molar-refractivity contribution in [2.45, 2.75) is 36.2 Å². The molecule has 1 heterocycles. The van der Waals surface area contributed by atoms with Crippen molar-refractivity contribution < 1.29 is 9.53 Å². The van der Waals surface area contributed by atoms with Gasteiger partial charge in [0.2, 0.25) is 5.91 Å². The second-order valence-corrected chi connectivity index (χ2v) is 11.3. The van der Waals surface area contributed by atoms with E-state index in [1.165, 1.54) is 30.8 Å². The molecule has 2 aliphatic carbocycles. The number of anilines is 1. The van der Waals surface area contributed by atoms with Gasteiger partial charge in [-0.1, -0.05) is 24.6 Å². The molecule has 5 heteroatoms. The molecule has 0 unspecified atom stereocenters. The van der Waals surface area contributed by atoms with Crippen molar-refractivity contribution in [1.82, 2.24) is 0 Å². The quantitative estimate of drug-likeness (QED) is 0.613. The summed E-state index contributed by atoms with van der Waals surface area (Å²) in [5.74, 6) is 5.90. The molecule has 152 valence electrons. The molecule has 3 aliphatic rings. The van der Waals surface area contributed by atoms with E-state index in [1.54, 1.807) is 0 Å². The van der Waals surface area contributed by atoms with E-state index in [0.717, 1.165) is 30.0 Å². The van der Waals surface area contributed by atoms with Crippen molar-refractivity contribution in [2.24, 2.45) is 17.8 Å². The number of hydrogen-bond acceptors (Lipinski definition) is 4. The molecule has 2 atom stereocenters. The highest BCUT2D eigenvalue weighted by Crippen LogP contribution is 2.64. The SMILES string of the molecule is O=C(Nc1ccc(Oc2ccccc2)cc1)C1C[C@H]2CCC[C@H](C1)C21SCCS1. The molecule has 2 saturated carbocycles. The van der Waals surface area contributed by atoms with Crippen LogP contribution in [0.3, 0.4) is 0 Å². The van der Waals surface area contributed by atoms with E-state index in [4.69, 9.17) is 4.74 Å². The third-order valence-electron chi connectivity index (χ3n) is 6.59. The summed E-state index contributed by atoms with van der Waals surface area (Å²) in [7, 11) is 0. The Balaban J connectivity index is 1.22. The second-order valence-electron chi connectivity index (χ2n) is 8.34. The fraction of sp³-hybridized carbons (Fsp3) is 0.458. The van der Waals surface area contributed by atoms with E-state index in [0.29, 0.717) is 15.9 Å². The number of rotatable bonds is 4. The predicted molar refractivity (Wildman–Crippen MR) is 123 cm³/mol. The molecule has 3 fully saturated rings. The van der Waals surface area contributed by atoms with Crippen molar-refractivity contribution in [2.75, 3.05) is 16.8 Å². The maximum Gasteiger partial charge on any atom is 0.227 e. The zero-order valence-corrected chi connectivity index (χ0v) is 18.1. The van der Waals surface area contributed by atoms with Crippen LogP contribution >= 0.6 is 23.5 Å². The van der Waals surface area contributed by atoms with Gasteiger partial charge >= 0.3 is 0 Å².